The molecule has 0 bridgehead atoms. The lowest BCUT2D eigenvalue weighted by molar-refractivity contribution is -0.394. The number of halogens is 2. The van der Waals surface area contributed by atoms with Crippen LogP contribution in [0.4, 0.5) is 25.8 Å². The zero-order valence-corrected chi connectivity index (χ0v) is 11.2. The number of anilines is 1. The second-order valence-electron chi connectivity index (χ2n) is 4.33. The van der Waals surface area contributed by atoms with E-state index in [0.717, 1.165) is 24.3 Å². The molecule has 2 aromatic rings. The van der Waals surface area contributed by atoms with Crippen LogP contribution in [-0.4, -0.2) is 15.8 Å². The molecular weight excluding hydrogens is 316 g/mol. The number of hydrogen-bond acceptors (Lipinski definition) is 5. The molecule has 0 saturated carbocycles. The molecule has 8 nitrogen and oxygen atoms in total. The van der Waals surface area contributed by atoms with Gasteiger partial charge in [-0.15, -0.1) is 0 Å². The standard InChI is InChI=1S/C13H7F2N3O5/c14-8-1-2-11(15)12(5-8)16-13(19)7-3-9(17(20)21)6-10(4-7)18(22)23/h1-6H,(H,16,19). The van der Waals surface area contributed by atoms with E-state index in [2.05, 4.69) is 0 Å². The highest BCUT2D eigenvalue weighted by Gasteiger charge is 2.20. The first kappa shape index (κ1) is 15.9. The molecule has 2 rings (SSSR count). The number of benzene rings is 2. The van der Waals surface area contributed by atoms with Crippen LogP contribution in [0.5, 0.6) is 0 Å². The molecule has 0 atom stereocenters. The molecule has 0 radical (unpaired) electrons. The van der Waals surface area contributed by atoms with Crippen LogP contribution in [0.2, 0.25) is 0 Å². The van der Waals surface area contributed by atoms with Crippen LogP contribution in [0.15, 0.2) is 36.4 Å². The van der Waals surface area contributed by atoms with E-state index in [9.17, 15) is 33.8 Å². The SMILES string of the molecule is O=C(Nc1cc(F)ccc1F)c1cc([N+](=O)[O-])cc([N+](=O)[O-])c1. The van der Waals surface area contributed by atoms with Crippen molar-refractivity contribution in [3.63, 3.8) is 0 Å². The van der Waals surface area contributed by atoms with Gasteiger partial charge in [-0.25, -0.2) is 8.78 Å². The summed E-state index contributed by atoms with van der Waals surface area (Å²) in [5, 5.41) is 23.5. The van der Waals surface area contributed by atoms with Crippen molar-refractivity contribution >= 4 is 23.0 Å². The number of carbonyl (C=O) groups is 1. The van der Waals surface area contributed by atoms with E-state index >= 15 is 0 Å². The van der Waals surface area contributed by atoms with Gasteiger partial charge in [-0.1, -0.05) is 0 Å². The quantitative estimate of drug-likeness (QED) is 0.686. The minimum absolute atomic E-state index is 0.436. The van der Waals surface area contributed by atoms with E-state index in [1.54, 1.807) is 0 Å². The Bertz CT molecular complexity index is 793. The van der Waals surface area contributed by atoms with Crippen molar-refractivity contribution in [1.82, 2.24) is 0 Å². The Balaban J connectivity index is 2.40. The molecule has 0 aliphatic carbocycles. The third-order valence-electron chi connectivity index (χ3n) is 2.76. The molecule has 0 aliphatic heterocycles. The van der Waals surface area contributed by atoms with Crippen LogP contribution in [0, 0.1) is 31.9 Å². The number of nitrogens with zero attached hydrogens (tertiary/aromatic N) is 2. The van der Waals surface area contributed by atoms with Crippen molar-refractivity contribution in [1.29, 1.82) is 0 Å². The van der Waals surface area contributed by atoms with Gasteiger partial charge in [0.1, 0.15) is 11.6 Å². The Morgan fingerprint density at radius 2 is 1.52 bits per heavy atom. The lowest BCUT2D eigenvalue weighted by Crippen LogP contribution is -2.14. The second-order valence-corrected chi connectivity index (χ2v) is 4.33. The van der Waals surface area contributed by atoms with Crippen molar-refractivity contribution < 1.29 is 23.4 Å². The van der Waals surface area contributed by atoms with Gasteiger partial charge in [0.05, 0.1) is 27.2 Å². The molecule has 1 N–H and O–H groups in total. The molecule has 10 heteroatoms. The minimum Gasteiger partial charge on any atom is -0.319 e. The van der Waals surface area contributed by atoms with Crippen LogP contribution >= 0.6 is 0 Å². The number of carbonyl (C=O) groups excluding carboxylic acids is 1. The van der Waals surface area contributed by atoms with E-state index in [0.29, 0.717) is 12.1 Å². The van der Waals surface area contributed by atoms with Crippen LogP contribution in [-0.2, 0) is 0 Å². The highest BCUT2D eigenvalue weighted by Crippen LogP contribution is 2.24. The van der Waals surface area contributed by atoms with Crippen molar-refractivity contribution in [2.24, 2.45) is 0 Å². The molecule has 0 spiro atoms. The summed E-state index contributed by atoms with van der Waals surface area (Å²) in [5.41, 5.74) is -2.29. The largest absolute Gasteiger partial charge is 0.319 e. The predicted octanol–water partition coefficient (Wildman–Crippen LogP) is 3.03. The Morgan fingerprint density at radius 3 is 2.04 bits per heavy atom. The monoisotopic (exact) mass is 323 g/mol. The average molecular weight is 323 g/mol. The first-order valence-corrected chi connectivity index (χ1v) is 5.98. The summed E-state index contributed by atoms with van der Waals surface area (Å²) in [6.45, 7) is 0. The molecule has 0 heterocycles. The summed E-state index contributed by atoms with van der Waals surface area (Å²) in [7, 11) is 0. The predicted molar refractivity (Wildman–Crippen MR) is 74.1 cm³/mol. The molecule has 23 heavy (non-hydrogen) atoms. The van der Waals surface area contributed by atoms with E-state index in [1.165, 1.54) is 0 Å². The van der Waals surface area contributed by atoms with Gasteiger partial charge in [0.2, 0.25) is 0 Å². The normalized spacial score (nSPS) is 10.2. The average Bonchev–Trinajstić information content (AvgIpc) is 2.50. The van der Waals surface area contributed by atoms with E-state index in [-0.39, 0.29) is 0 Å². The van der Waals surface area contributed by atoms with Gasteiger partial charge in [-0.3, -0.25) is 25.0 Å². The molecular formula is C13H7F2N3O5. The van der Waals surface area contributed by atoms with Gasteiger partial charge in [0.25, 0.3) is 17.3 Å². The fourth-order valence-electron chi connectivity index (χ4n) is 1.72. The summed E-state index contributed by atoms with van der Waals surface area (Å²) in [6.07, 6.45) is 0. The maximum atomic E-state index is 13.5. The molecule has 1 amide bonds. The summed E-state index contributed by atoms with van der Waals surface area (Å²) in [4.78, 5) is 31.7. The number of non-ortho nitro benzene ring substituents is 2. The first-order chi connectivity index (χ1) is 10.8. The Labute approximate surface area is 126 Å². The van der Waals surface area contributed by atoms with Crippen LogP contribution < -0.4 is 5.32 Å². The maximum absolute atomic E-state index is 13.5. The van der Waals surface area contributed by atoms with Crippen LogP contribution in [0.1, 0.15) is 10.4 Å². The third-order valence-corrected chi connectivity index (χ3v) is 2.76. The minimum atomic E-state index is -1.05. The van der Waals surface area contributed by atoms with Gasteiger partial charge < -0.3 is 5.32 Å². The van der Waals surface area contributed by atoms with E-state index in [1.807, 2.05) is 5.32 Å². The van der Waals surface area contributed by atoms with Crippen molar-refractivity contribution in [3.8, 4) is 0 Å². The highest BCUT2D eigenvalue weighted by molar-refractivity contribution is 6.05. The van der Waals surface area contributed by atoms with Crippen molar-refractivity contribution in [3.05, 3.63) is 73.8 Å². The number of nitro benzene ring substituents is 2. The summed E-state index contributed by atoms with van der Waals surface area (Å²) in [6, 6.07) is 4.58. The lowest BCUT2D eigenvalue weighted by Gasteiger charge is -2.06. The number of hydrogen-bond donors (Lipinski definition) is 1. The summed E-state index contributed by atoms with van der Waals surface area (Å²) < 4.78 is 26.5. The number of nitro groups is 2. The zero-order chi connectivity index (χ0) is 17.1. The number of amides is 1. The molecule has 2 aromatic carbocycles. The molecule has 0 saturated heterocycles. The number of nitrogens with one attached hydrogen (secondary N) is 1. The molecule has 0 fully saturated rings. The van der Waals surface area contributed by atoms with E-state index in [4.69, 9.17) is 0 Å². The number of rotatable bonds is 4. The van der Waals surface area contributed by atoms with Crippen molar-refractivity contribution in [2.75, 3.05) is 5.32 Å². The smallest absolute Gasteiger partial charge is 0.277 e. The van der Waals surface area contributed by atoms with Gasteiger partial charge in [0.15, 0.2) is 0 Å². The van der Waals surface area contributed by atoms with Gasteiger partial charge in [-0.05, 0) is 12.1 Å². The molecule has 118 valence electrons. The topological polar surface area (TPSA) is 115 Å². The first-order valence-electron chi connectivity index (χ1n) is 5.98. The third kappa shape index (κ3) is 3.61. The van der Waals surface area contributed by atoms with Gasteiger partial charge in [0, 0.05) is 18.2 Å². The lowest BCUT2D eigenvalue weighted by atomic mass is 10.1. The maximum Gasteiger partial charge on any atom is 0.277 e. The molecule has 0 aliphatic rings. The Morgan fingerprint density at radius 1 is 0.957 bits per heavy atom. The van der Waals surface area contributed by atoms with Crippen LogP contribution in [0.25, 0.3) is 0 Å². The van der Waals surface area contributed by atoms with Gasteiger partial charge >= 0.3 is 0 Å². The molecule has 0 aromatic heterocycles. The van der Waals surface area contributed by atoms with Gasteiger partial charge in [-0.2, -0.15) is 0 Å². The molecule has 0 unspecified atom stereocenters. The van der Waals surface area contributed by atoms with Crippen LogP contribution in [0.3, 0.4) is 0 Å². The Kier molecular flexibility index (Phi) is 4.25. The summed E-state index contributed by atoms with van der Waals surface area (Å²) >= 11 is 0. The van der Waals surface area contributed by atoms with Crippen molar-refractivity contribution in [2.45, 2.75) is 0 Å². The fourth-order valence-corrected chi connectivity index (χ4v) is 1.72. The Hall–Kier alpha value is -3.43. The second kappa shape index (κ2) is 6.13. The fraction of sp³-hybridized carbons (Fsp3) is 0. The van der Waals surface area contributed by atoms with E-state index < -0.39 is 50.0 Å². The summed E-state index contributed by atoms with van der Waals surface area (Å²) in [5.74, 6) is -2.80. The zero-order valence-electron chi connectivity index (χ0n) is 11.2. The highest BCUT2D eigenvalue weighted by atomic mass is 19.1.